The Morgan fingerprint density at radius 3 is 2.67 bits per heavy atom. The first kappa shape index (κ1) is 24.7. The van der Waals surface area contributed by atoms with Gasteiger partial charge in [-0.3, -0.25) is 4.90 Å². The highest BCUT2D eigenvalue weighted by Crippen LogP contribution is 2.76. The van der Waals surface area contributed by atoms with Gasteiger partial charge < -0.3 is 19.5 Å². The molecule has 2 aromatic rings. The lowest BCUT2D eigenvalue weighted by molar-refractivity contribution is -0.252. The fourth-order valence-corrected chi connectivity index (χ4v) is 10.5. The first-order valence-corrected chi connectivity index (χ1v) is 15.4. The van der Waals surface area contributed by atoms with Crippen molar-refractivity contribution in [3.8, 4) is 11.5 Å². The maximum Gasteiger partial charge on any atom is 0.165 e. The largest absolute Gasteiger partial charge is 0.493 e. The van der Waals surface area contributed by atoms with E-state index < -0.39 is 0 Å². The highest BCUT2D eigenvalue weighted by molar-refractivity contribution is 5.63. The second kappa shape index (κ2) is 8.71. The first-order valence-electron chi connectivity index (χ1n) is 15.4. The lowest BCUT2D eigenvalue weighted by Crippen LogP contribution is -2.79. The number of likely N-dealkylation sites (tertiary alicyclic amines) is 1. The van der Waals surface area contributed by atoms with Crippen LogP contribution in [0.25, 0.3) is 0 Å². The van der Waals surface area contributed by atoms with Crippen molar-refractivity contribution in [2.24, 2.45) is 22.7 Å². The Hall–Kier alpha value is -2.08. The molecule has 3 unspecified atom stereocenters. The van der Waals surface area contributed by atoms with Crippen molar-refractivity contribution >= 4 is 0 Å². The Morgan fingerprint density at radius 1 is 1.05 bits per heavy atom. The van der Waals surface area contributed by atoms with Crippen molar-refractivity contribution in [3.05, 3.63) is 59.2 Å². The van der Waals surface area contributed by atoms with E-state index in [1.165, 1.54) is 68.3 Å². The number of nitrogens with one attached hydrogen (secondary N) is 1. The summed E-state index contributed by atoms with van der Waals surface area (Å²) in [6.07, 6.45) is 9.03. The average molecular weight is 529 g/mol. The summed E-state index contributed by atoms with van der Waals surface area (Å²) >= 11 is 0. The van der Waals surface area contributed by atoms with Crippen LogP contribution in [0.3, 0.4) is 0 Å². The van der Waals surface area contributed by atoms with Crippen LogP contribution >= 0.6 is 0 Å². The molecule has 4 fully saturated rings. The summed E-state index contributed by atoms with van der Waals surface area (Å²) in [5.74, 6) is 3.42. The average Bonchev–Trinajstić information content (AvgIpc) is 3.71. The van der Waals surface area contributed by atoms with Gasteiger partial charge in [-0.25, -0.2) is 0 Å². The Labute approximate surface area is 233 Å². The van der Waals surface area contributed by atoms with Crippen LogP contribution in [0.1, 0.15) is 62.1 Å². The third kappa shape index (κ3) is 3.18. The van der Waals surface area contributed by atoms with Crippen molar-refractivity contribution in [1.29, 1.82) is 0 Å². The van der Waals surface area contributed by atoms with Crippen molar-refractivity contribution in [2.45, 2.75) is 82.1 Å². The summed E-state index contributed by atoms with van der Waals surface area (Å²) in [6, 6.07) is 16.0. The van der Waals surface area contributed by atoms with Gasteiger partial charge in [0.05, 0.1) is 7.11 Å². The van der Waals surface area contributed by atoms with Crippen LogP contribution in [0.15, 0.2) is 42.5 Å². The van der Waals surface area contributed by atoms with Crippen LogP contribution in [0.2, 0.25) is 0 Å². The molecule has 5 nitrogen and oxygen atoms in total. The van der Waals surface area contributed by atoms with Crippen LogP contribution in [-0.4, -0.2) is 57.0 Å². The van der Waals surface area contributed by atoms with Gasteiger partial charge in [-0.2, -0.15) is 0 Å². The number of hydrogen-bond donors (Lipinski definition) is 1. The lowest BCUT2D eigenvalue weighted by atomic mass is 9.34. The van der Waals surface area contributed by atoms with E-state index in [0.717, 1.165) is 36.9 Å². The lowest BCUT2D eigenvalue weighted by Gasteiger charge is -2.73. The normalized spacial score (nSPS) is 39.7. The number of nitrogens with zero attached hydrogens (tertiary/aromatic N) is 1. The molecule has 2 aromatic carbocycles. The smallest absolute Gasteiger partial charge is 0.165 e. The Morgan fingerprint density at radius 2 is 1.90 bits per heavy atom. The van der Waals surface area contributed by atoms with Crippen molar-refractivity contribution in [1.82, 2.24) is 10.2 Å². The SMILES string of the molecule is COc1ccc2c3c1O[C@H]1C(OC)[C@]4(CNCc5ccccc5)C[C@]5(CCC4C)[C@@H](C2)N(CC2CC2)CCC315. The molecular formula is C34H44N2O3. The Kier molecular flexibility index (Phi) is 5.51. The van der Waals surface area contributed by atoms with Gasteiger partial charge in [-0.15, -0.1) is 0 Å². The second-order valence-corrected chi connectivity index (χ2v) is 13.8. The molecule has 4 bridgehead atoms. The van der Waals surface area contributed by atoms with Crippen LogP contribution in [0, 0.1) is 22.7 Å². The van der Waals surface area contributed by atoms with Crippen molar-refractivity contribution in [2.75, 3.05) is 33.9 Å². The number of methoxy groups -OCH3 is 2. The summed E-state index contributed by atoms with van der Waals surface area (Å²) in [5.41, 5.74) is 4.61. The fraction of sp³-hybridized carbons (Fsp3) is 0.647. The van der Waals surface area contributed by atoms with E-state index >= 15 is 0 Å². The molecule has 6 aliphatic rings. The third-order valence-electron chi connectivity index (χ3n) is 12.3. The zero-order chi connectivity index (χ0) is 26.4. The monoisotopic (exact) mass is 528 g/mol. The molecule has 7 atom stereocenters. The molecule has 0 aromatic heterocycles. The van der Waals surface area contributed by atoms with Crippen LogP contribution in [0.5, 0.6) is 11.5 Å². The summed E-state index contributed by atoms with van der Waals surface area (Å²) < 4.78 is 19.8. The summed E-state index contributed by atoms with van der Waals surface area (Å²) in [4.78, 5) is 2.94. The second-order valence-electron chi connectivity index (χ2n) is 13.8. The van der Waals surface area contributed by atoms with E-state index in [1.54, 1.807) is 7.11 Å². The van der Waals surface area contributed by atoms with Crippen LogP contribution in [0.4, 0.5) is 0 Å². The van der Waals surface area contributed by atoms with Gasteiger partial charge in [0, 0.05) is 54.6 Å². The standard InChI is InChI=1S/C34H44N2O3/c1-22-13-14-33-20-32(22,21-35-18-23-7-5-4-6-8-23)30(38-3)31-34(33)15-16-36(19-24-9-10-24)27(33)17-25-11-12-26(37-2)29(39-31)28(25)34/h4-8,11-12,22,24,27,30-31,35H,9-10,13-21H2,1-3H3/t22?,27-,30?,31+,32+,33-,34?/m1/s1. The van der Waals surface area contributed by atoms with Gasteiger partial charge in [0.15, 0.2) is 11.5 Å². The van der Waals surface area contributed by atoms with E-state index in [-0.39, 0.29) is 28.5 Å². The van der Waals surface area contributed by atoms with E-state index in [0.29, 0.717) is 12.0 Å². The molecule has 4 aliphatic carbocycles. The van der Waals surface area contributed by atoms with E-state index in [2.05, 4.69) is 59.6 Å². The Balaban J connectivity index is 1.26. The van der Waals surface area contributed by atoms with Gasteiger partial charge in [0.1, 0.15) is 12.2 Å². The molecule has 0 amide bonds. The molecular weight excluding hydrogens is 484 g/mol. The Bertz CT molecular complexity index is 1260. The summed E-state index contributed by atoms with van der Waals surface area (Å²) in [5, 5.41) is 3.94. The number of ether oxygens (including phenoxy) is 3. The van der Waals surface area contributed by atoms with Gasteiger partial charge in [-0.1, -0.05) is 43.3 Å². The quantitative estimate of drug-likeness (QED) is 0.501. The van der Waals surface area contributed by atoms with Crippen LogP contribution in [-0.2, 0) is 23.1 Å². The molecule has 1 saturated heterocycles. The molecule has 2 heterocycles. The van der Waals surface area contributed by atoms with Gasteiger partial charge in [0.25, 0.3) is 0 Å². The predicted octanol–water partition coefficient (Wildman–Crippen LogP) is 5.35. The molecule has 39 heavy (non-hydrogen) atoms. The molecule has 208 valence electrons. The third-order valence-corrected chi connectivity index (χ3v) is 12.3. The van der Waals surface area contributed by atoms with E-state index in [1.807, 2.05) is 7.11 Å². The van der Waals surface area contributed by atoms with E-state index in [4.69, 9.17) is 14.2 Å². The minimum Gasteiger partial charge on any atom is -0.493 e. The minimum absolute atomic E-state index is 0.0128. The number of benzene rings is 2. The zero-order valence-corrected chi connectivity index (χ0v) is 23.9. The topological polar surface area (TPSA) is 43.0 Å². The number of hydrogen-bond acceptors (Lipinski definition) is 5. The van der Waals surface area contributed by atoms with E-state index in [9.17, 15) is 0 Å². The zero-order valence-electron chi connectivity index (χ0n) is 23.9. The molecule has 3 saturated carbocycles. The van der Waals surface area contributed by atoms with Crippen molar-refractivity contribution < 1.29 is 14.2 Å². The maximum absolute atomic E-state index is 7.21. The van der Waals surface area contributed by atoms with Gasteiger partial charge >= 0.3 is 0 Å². The molecule has 8 rings (SSSR count). The number of piperidine rings is 1. The molecule has 1 N–H and O–H groups in total. The fourth-order valence-electron chi connectivity index (χ4n) is 10.5. The highest BCUT2D eigenvalue weighted by atomic mass is 16.6. The summed E-state index contributed by atoms with van der Waals surface area (Å²) in [6.45, 7) is 6.83. The van der Waals surface area contributed by atoms with Crippen molar-refractivity contribution in [3.63, 3.8) is 0 Å². The minimum atomic E-state index is 0.0128. The predicted molar refractivity (Wildman–Crippen MR) is 152 cm³/mol. The number of rotatable bonds is 8. The van der Waals surface area contributed by atoms with Gasteiger partial charge in [0.2, 0.25) is 0 Å². The molecule has 0 radical (unpaired) electrons. The molecule has 5 heteroatoms. The molecule has 2 spiro atoms. The van der Waals surface area contributed by atoms with Gasteiger partial charge in [-0.05, 0) is 80.5 Å². The number of fused-ring (bicyclic) bond motifs is 1. The first-order chi connectivity index (χ1) is 19.1. The van der Waals surface area contributed by atoms with Crippen LogP contribution < -0.4 is 14.8 Å². The summed E-state index contributed by atoms with van der Waals surface area (Å²) in [7, 11) is 3.74. The molecule has 2 aliphatic heterocycles. The maximum atomic E-state index is 7.21. The highest BCUT2D eigenvalue weighted by Gasteiger charge is 2.78.